The smallest absolute Gasteiger partial charge is 0.0636 e. The Kier molecular flexibility index (Phi) is 8.07. The molecule has 5 aliphatic rings. The molecule has 0 aliphatic heterocycles. The summed E-state index contributed by atoms with van der Waals surface area (Å²) in [5.74, 6) is 0.694. The van der Waals surface area contributed by atoms with Crippen molar-refractivity contribution in [1.82, 2.24) is 0 Å². The molecule has 0 radical (unpaired) electrons. The highest BCUT2D eigenvalue weighted by Crippen LogP contribution is 2.76. The van der Waals surface area contributed by atoms with Gasteiger partial charge in [0.1, 0.15) is 0 Å². The Morgan fingerprint density at radius 1 is 0.976 bits per heavy atom. The lowest BCUT2D eigenvalue weighted by Gasteiger charge is -2.72. The van der Waals surface area contributed by atoms with Gasteiger partial charge in [0.15, 0.2) is 0 Å². The molecule has 41 heavy (non-hydrogen) atoms. The van der Waals surface area contributed by atoms with E-state index in [1.165, 1.54) is 5.57 Å². The van der Waals surface area contributed by atoms with Crippen LogP contribution in [-0.4, -0.2) is 58.6 Å². The molecule has 0 saturated heterocycles. The first kappa shape index (κ1) is 31.7. The van der Waals surface area contributed by atoms with Crippen LogP contribution in [0.3, 0.4) is 0 Å². The van der Waals surface area contributed by atoms with Gasteiger partial charge in [0, 0.05) is 17.4 Å². The predicted octanol–water partition coefficient (Wildman–Crippen LogP) is 6.29. The van der Waals surface area contributed by atoms with Crippen molar-refractivity contribution in [2.45, 2.75) is 125 Å². The average Bonchev–Trinajstić information content (AvgIpc) is 2.90. The highest BCUT2D eigenvalue weighted by atomic mass is 16.5. The van der Waals surface area contributed by atoms with Gasteiger partial charge in [0.05, 0.1) is 31.5 Å². The van der Waals surface area contributed by atoms with Gasteiger partial charge in [0.2, 0.25) is 0 Å². The van der Waals surface area contributed by atoms with Gasteiger partial charge in [-0.15, -0.1) is 6.58 Å². The van der Waals surface area contributed by atoms with Crippen LogP contribution in [0.5, 0.6) is 0 Å². The van der Waals surface area contributed by atoms with Gasteiger partial charge < -0.3 is 25.2 Å². The number of rotatable bonds is 7. The maximum absolute atomic E-state index is 12.0. The van der Waals surface area contributed by atoms with E-state index in [0.717, 1.165) is 51.4 Å². The molecule has 5 aliphatic carbocycles. The minimum atomic E-state index is -0.707. The lowest BCUT2D eigenvalue weighted by atomic mass is 9.32. The van der Waals surface area contributed by atoms with E-state index >= 15 is 0 Å². The van der Waals surface area contributed by atoms with Crippen molar-refractivity contribution < 1.29 is 25.2 Å². The quantitative estimate of drug-likeness (QED) is 0.213. The van der Waals surface area contributed by atoms with Crippen LogP contribution in [0.1, 0.15) is 106 Å². The first-order chi connectivity index (χ1) is 19.1. The second-order valence-electron chi connectivity index (χ2n) is 16.8. The fourth-order valence-electron chi connectivity index (χ4n) is 12.0. The van der Waals surface area contributed by atoms with Crippen molar-refractivity contribution in [3.05, 3.63) is 24.3 Å². The Bertz CT molecular complexity index is 1040. The van der Waals surface area contributed by atoms with Crippen LogP contribution < -0.4 is 0 Å². The molecule has 4 saturated carbocycles. The van der Waals surface area contributed by atoms with E-state index in [1.807, 2.05) is 6.08 Å². The van der Waals surface area contributed by atoms with Crippen molar-refractivity contribution in [2.75, 3.05) is 19.8 Å². The van der Waals surface area contributed by atoms with Gasteiger partial charge in [-0.05, 0) is 103 Å². The Labute approximate surface area is 249 Å². The third-order valence-corrected chi connectivity index (χ3v) is 14.8. The molecule has 0 aromatic carbocycles. The molecular weight excluding hydrogens is 512 g/mol. The van der Waals surface area contributed by atoms with Gasteiger partial charge in [0.25, 0.3) is 0 Å². The lowest BCUT2D eigenvalue weighted by molar-refractivity contribution is -0.245. The van der Waals surface area contributed by atoms with Gasteiger partial charge in [-0.2, -0.15) is 0 Å². The summed E-state index contributed by atoms with van der Waals surface area (Å²) in [7, 11) is 0. The molecule has 12 atom stereocenters. The zero-order valence-corrected chi connectivity index (χ0v) is 27.1. The standard InChI is InChI=1S/C36H60O5/c1-9-10-11-18-41-22-33(6)26-14-17-34(7)27(32(26,5)16-15-28(33)38)13-12-24-25-19-31(3,4)30(40)23(2)36(25,21-37)29(39)20-35(24,34)8/h9,12,23,25-30,37-40H,1,10-11,13-22H2,2-8H3/t23-,25?,26?,27?,28-,29+,30-,32-,33+,34+,35+,36-/m0/s1. The fourth-order valence-corrected chi connectivity index (χ4v) is 12.0. The van der Waals surface area contributed by atoms with E-state index in [2.05, 4.69) is 61.1 Å². The molecular formula is C36H60O5. The number of fused-ring (bicyclic) bond motifs is 7. The maximum atomic E-state index is 12.0. The SMILES string of the molecule is C=CCCCOC[C@]1(C)C2CC[C@]3(C)C(CC=C4C5CC(C)(C)[C@@H](O)[C@H](C)[C@]5(CO)[C@H](O)C[C@]43C)[C@@]2(C)CC[C@@H]1O. The van der Waals surface area contributed by atoms with Crippen molar-refractivity contribution in [3.63, 3.8) is 0 Å². The van der Waals surface area contributed by atoms with Crippen LogP contribution in [0, 0.1) is 56.2 Å². The van der Waals surface area contributed by atoms with E-state index in [4.69, 9.17) is 4.74 Å². The molecule has 0 aromatic rings. The monoisotopic (exact) mass is 572 g/mol. The Morgan fingerprint density at radius 3 is 2.34 bits per heavy atom. The minimum absolute atomic E-state index is 0.00237. The molecule has 0 spiro atoms. The highest BCUT2D eigenvalue weighted by molar-refractivity contribution is 5.36. The maximum Gasteiger partial charge on any atom is 0.0636 e. The molecule has 5 heteroatoms. The molecule has 5 rings (SSSR count). The van der Waals surface area contributed by atoms with Gasteiger partial charge in [-0.25, -0.2) is 0 Å². The summed E-state index contributed by atoms with van der Waals surface area (Å²) in [6.45, 7) is 21.1. The van der Waals surface area contributed by atoms with E-state index in [9.17, 15) is 20.4 Å². The molecule has 0 heterocycles. The number of aliphatic hydroxyl groups excluding tert-OH is 4. The van der Waals surface area contributed by atoms with Gasteiger partial charge in [-0.3, -0.25) is 0 Å². The molecule has 4 N–H and O–H groups in total. The van der Waals surface area contributed by atoms with Gasteiger partial charge in [-0.1, -0.05) is 66.2 Å². The summed E-state index contributed by atoms with van der Waals surface area (Å²) in [6.07, 6.45) is 11.2. The second-order valence-corrected chi connectivity index (χ2v) is 16.8. The fraction of sp³-hybridized carbons (Fsp3) is 0.889. The molecule has 5 nitrogen and oxygen atoms in total. The molecule has 234 valence electrons. The molecule has 4 fully saturated rings. The number of hydrogen-bond donors (Lipinski definition) is 4. The Balaban J connectivity index is 1.52. The molecule has 0 bridgehead atoms. The van der Waals surface area contributed by atoms with Crippen LogP contribution >= 0.6 is 0 Å². The van der Waals surface area contributed by atoms with Gasteiger partial charge >= 0.3 is 0 Å². The van der Waals surface area contributed by atoms with Crippen LogP contribution in [0.2, 0.25) is 0 Å². The number of unbranched alkanes of at least 4 members (excludes halogenated alkanes) is 1. The number of hydrogen-bond acceptors (Lipinski definition) is 5. The predicted molar refractivity (Wildman–Crippen MR) is 164 cm³/mol. The Morgan fingerprint density at radius 2 is 1.68 bits per heavy atom. The summed E-state index contributed by atoms with van der Waals surface area (Å²) < 4.78 is 6.25. The summed E-state index contributed by atoms with van der Waals surface area (Å²) in [4.78, 5) is 0. The van der Waals surface area contributed by atoms with E-state index in [0.29, 0.717) is 31.5 Å². The van der Waals surface area contributed by atoms with E-state index in [-0.39, 0.29) is 51.6 Å². The van der Waals surface area contributed by atoms with E-state index in [1.54, 1.807) is 0 Å². The summed E-state index contributed by atoms with van der Waals surface area (Å²) in [6, 6.07) is 0. The highest BCUT2D eigenvalue weighted by Gasteiger charge is 2.71. The zero-order chi connectivity index (χ0) is 30.2. The van der Waals surface area contributed by atoms with Crippen LogP contribution in [0.4, 0.5) is 0 Å². The third-order valence-electron chi connectivity index (χ3n) is 14.8. The second kappa shape index (κ2) is 10.4. The normalized spacial score (nSPS) is 52.4. The van der Waals surface area contributed by atoms with Crippen molar-refractivity contribution in [3.8, 4) is 0 Å². The van der Waals surface area contributed by atoms with E-state index < -0.39 is 17.6 Å². The van der Waals surface area contributed by atoms with Crippen LogP contribution in [0.25, 0.3) is 0 Å². The Hall–Kier alpha value is -0.720. The first-order valence-electron chi connectivity index (χ1n) is 16.6. The van der Waals surface area contributed by atoms with Crippen LogP contribution in [-0.2, 0) is 4.74 Å². The topological polar surface area (TPSA) is 90.2 Å². The largest absolute Gasteiger partial charge is 0.396 e. The number of aliphatic hydroxyl groups is 4. The lowest BCUT2D eigenvalue weighted by Crippen LogP contribution is -2.70. The van der Waals surface area contributed by atoms with Crippen molar-refractivity contribution in [2.24, 2.45) is 56.2 Å². The number of allylic oxidation sites excluding steroid dienone is 3. The molecule has 0 amide bonds. The summed E-state index contributed by atoms with van der Waals surface area (Å²) in [5.41, 5.74) is 0.0681. The molecule has 0 aromatic heterocycles. The first-order valence-corrected chi connectivity index (χ1v) is 16.6. The van der Waals surface area contributed by atoms with Crippen molar-refractivity contribution in [1.29, 1.82) is 0 Å². The minimum Gasteiger partial charge on any atom is -0.396 e. The average molecular weight is 573 g/mol. The van der Waals surface area contributed by atoms with Crippen molar-refractivity contribution >= 4 is 0 Å². The summed E-state index contributed by atoms with van der Waals surface area (Å²) >= 11 is 0. The molecule has 3 unspecified atom stereocenters. The van der Waals surface area contributed by atoms with Crippen LogP contribution in [0.15, 0.2) is 24.3 Å². The third kappa shape index (κ3) is 4.18. The number of ether oxygens (including phenoxy) is 1. The summed E-state index contributed by atoms with van der Waals surface area (Å²) in [5, 5.41) is 45.7. The zero-order valence-electron chi connectivity index (χ0n) is 27.1.